The zero-order valence-corrected chi connectivity index (χ0v) is 13.5. The Morgan fingerprint density at radius 1 is 1.18 bits per heavy atom. The Hall–Kier alpha value is -2.21. The van der Waals surface area contributed by atoms with E-state index in [4.69, 9.17) is 0 Å². The van der Waals surface area contributed by atoms with Gasteiger partial charge in [0.25, 0.3) is 5.69 Å². The van der Waals surface area contributed by atoms with E-state index in [0.717, 1.165) is 15.6 Å². The fourth-order valence-electron chi connectivity index (χ4n) is 2.05. The molecule has 1 atom stereocenters. The minimum atomic E-state index is -0.459. The number of nitrogens with one attached hydrogen (secondary N) is 1. The van der Waals surface area contributed by atoms with Gasteiger partial charge in [0.15, 0.2) is 0 Å². The van der Waals surface area contributed by atoms with Crippen molar-refractivity contribution in [1.29, 1.82) is 0 Å². The molecular weight excluding hydrogens is 348 g/mol. The highest BCUT2D eigenvalue weighted by molar-refractivity contribution is 9.10. The van der Waals surface area contributed by atoms with Gasteiger partial charge >= 0.3 is 0 Å². The average molecular weight is 363 g/mol. The quantitative estimate of drug-likeness (QED) is 0.649. The molecule has 2 aromatic rings. The van der Waals surface area contributed by atoms with Crippen molar-refractivity contribution in [3.05, 3.63) is 74.2 Å². The van der Waals surface area contributed by atoms with Gasteiger partial charge in [0.05, 0.1) is 17.4 Å². The molecule has 0 heterocycles. The highest BCUT2D eigenvalue weighted by atomic mass is 79.9. The number of nitro groups is 1. The predicted octanol–water partition coefficient (Wildman–Crippen LogP) is 3.78. The van der Waals surface area contributed by atoms with E-state index in [-0.39, 0.29) is 24.1 Å². The van der Waals surface area contributed by atoms with Crippen molar-refractivity contribution in [2.45, 2.75) is 19.4 Å². The minimum absolute atomic E-state index is 0.0207. The highest BCUT2D eigenvalue weighted by Crippen LogP contribution is 2.17. The first kappa shape index (κ1) is 16.2. The summed E-state index contributed by atoms with van der Waals surface area (Å²) in [5.74, 6) is -0.121. The lowest BCUT2D eigenvalue weighted by atomic mass is 10.1. The Kier molecular flexibility index (Phi) is 5.27. The van der Waals surface area contributed by atoms with Gasteiger partial charge in [0.1, 0.15) is 0 Å². The minimum Gasteiger partial charge on any atom is -0.349 e. The first-order chi connectivity index (χ1) is 10.5. The van der Waals surface area contributed by atoms with E-state index >= 15 is 0 Å². The maximum absolute atomic E-state index is 12.0. The molecule has 2 aromatic carbocycles. The van der Waals surface area contributed by atoms with Crippen molar-refractivity contribution in [3.63, 3.8) is 0 Å². The smallest absolute Gasteiger partial charge is 0.269 e. The Bertz CT molecular complexity index is 669. The molecule has 0 radical (unpaired) electrons. The molecule has 5 nitrogen and oxygen atoms in total. The van der Waals surface area contributed by atoms with Crippen LogP contribution >= 0.6 is 15.9 Å². The third-order valence-corrected chi connectivity index (χ3v) is 3.79. The van der Waals surface area contributed by atoms with Crippen LogP contribution in [0.1, 0.15) is 24.1 Å². The summed E-state index contributed by atoms with van der Waals surface area (Å²) in [5, 5.41) is 13.5. The van der Waals surface area contributed by atoms with Crippen LogP contribution in [0.3, 0.4) is 0 Å². The van der Waals surface area contributed by atoms with E-state index in [9.17, 15) is 14.9 Å². The summed E-state index contributed by atoms with van der Waals surface area (Å²) >= 11 is 3.37. The summed E-state index contributed by atoms with van der Waals surface area (Å²) in [7, 11) is 0. The molecule has 114 valence electrons. The monoisotopic (exact) mass is 362 g/mol. The molecule has 0 aliphatic carbocycles. The summed E-state index contributed by atoms with van der Waals surface area (Å²) < 4.78 is 0.987. The fourth-order valence-corrected chi connectivity index (χ4v) is 2.31. The van der Waals surface area contributed by atoms with E-state index in [1.165, 1.54) is 12.1 Å². The lowest BCUT2D eigenvalue weighted by Gasteiger charge is -2.14. The van der Waals surface area contributed by atoms with Gasteiger partial charge in [0, 0.05) is 16.6 Å². The van der Waals surface area contributed by atoms with Crippen molar-refractivity contribution < 1.29 is 9.72 Å². The second kappa shape index (κ2) is 7.17. The number of halogens is 1. The zero-order valence-electron chi connectivity index (χ0n) is 12.0. The molecule has 6 heteroatoms. The third-order valence-electron chi connectivity index (χ3n) is 3.26. The third kappa shape index (κ3) is 4.39. The van der Waals surface area contributed by atoms with Gasteiger partial charge < -0.3 is 5.32 Å². The van der Waals surface area contributed by atoms with E-state index in [2.05, 4.69) is 21.2 Å². The van der Waals surface area contributed by atoms with Crippen LogP contribution in [0.5, 0.6) is 0 Å². The Labute approximate surface area is 136 Å². The molecule has 0 fully saturated rings. The Balaban J connectivity index is 1.94. The van der Waals surface area contributed by atoms with Crippen LogP contribution in [0, 0.1) is 10.1 Å². The first-order valence-electron chi connectivity index (χ1n) is 6.74. The normalized spacial score (nSPS) is 11.7. The van der Waals surface area contributed by atoms with Crippen LogP contribution in [0.15, 0.2) is 53.0 Å². The molecule has 0 unspecified atom stereocenters. The van der Waals surface area contributed by atoms with Crippen LogP contribution < -0.4 is 5.32 Å². The van der Waals surface area contributed by atoms with Crippen molar-refractivity contribution >= 4 is 27.5 Å². The number of carbonyl (C=O) groups excluding carboxylic acids is 1. The van der Waals surface area contributed by atoms with Gasteiger partial charge in [-0.1, -0.05) is 40.2 Å². The number of nitro benzene ring substituents is 1. The lowest BCUT2D eigenvalue weighted by Crippen LogP contribution is -2.28. The second-order valence-electron chi connectivity index (χ2n) is 4.94. The molecule has 0 spiro atoms. The van der Waals surface area contributed by atoms with Crippen molar-refractivity contribution in [3.8, 4) is 0 Å². The summed E-state index contributed by atoms with van der Waals surface area (Å²) in [6.45, 7) is 1.91. The molecule has 0 saturated carbocycles. The first-order valence-corrected chi connectivity index (χ1v) is 7.53. The Morgan fingerprint density at radius 3 is 2.32 bits per heavy atom. The van der Waals surface area contributed by atoms with Crippen LogP contribution in [-0.2, 0) is 11.2 Å². The standard InChI is InChI=1S/C16H15BrN2O3/c1-11(13-4-6-14(17)7-5-13)18-16(20)10-12-2-8-15(9-3-12)19(21)22/h2-9,11H,10H2,1H3,(H,18,20)/t11-/m1/s1. The largest absolute Gasteiger partial charge is 0.349 e. The van der Waals surface area contributed by atoms with Crippen molar-refractivity contribution in [1.82, 2.24) is 5.32 Å². The molecular formula is C16H15BrN2O3. The van der Waals surface area contributed by atoms with Crippen LogP contribution in [0.2, 0.25) is 0 Å². The number of carbonyl (C=O) groups is 1. The van der Waals surface area contributed by atoms with E-state index in [0.29, 0.717) is 0 Å². The van der Waals surface area contributed by atoms with E-state index in [1.54, 1.807) is 12.1 Å². The molecule has 0 aliphatic rings. The van der Waals surface area contributed by atoms with Crippen LogP contribution in [-0.4, -0.2) is 10.8 Å². The number of benzene rings is 2. The topological polar surface area (TPSA) is 72.2 Å². The maximum Gasteiger partial charge on any atom is 0.269 e. The second-order valence-corrected chi connectivity index (χ2v) is 5.86. The summed E-state index contributed by atoms with van der Waals surface area (Å²) in [5.41, 5.74) is 1.78. The summed E-state index contributed by atoms with van der Waals surface area (Å²) in [4.78, 5) is 22.2. The average Bonchev–Trinajstić information content (AvgIpc) is 2.48. The van der Waals surface area contributed by atoms with Gasteiger partial charge in [-0.3, -0.25) is 14.9 Å². The van der Waals surface area contributed by atoms with Crippen molar-refractivity contribution in [2.75, 3.05) is 0 Å². The number of nitrogens with zero attached hydrogens (tertiary/aromatic N) is 1. The molecule has 2 rings (SSSR count). The van der Waals surface area contributed by atoms with Crippen LogP contribution in [0.25, 0.3) is 0 Å². The number of non-ortho nitro benzene ring substituents is 1. The molecule has 0 saturated heterocycles. The van der Waals surface area contributed by atoms with Gasteiger partial charge in [-0.25, -0.2) is 0 Å². The molecule has 1 amide bonds. The molecule has 0 aromatic heterocycles. The summed E-state index contributed by atoms with van der Waals surface area (Å²) in [6, 6.07) is 13.6. The highest BCUT2D eigenvalue weighted by Gasteiger charge is 2.11. The lowest BCUT2D eigenvalue weighted by molar-refractivity contribution is -0.384. The Morgan fingerprint density at radius 2 is 1.77 bits per heavy atom. The zero-order chi connectivity index (χ0) is 16.1. The summed E-state index contributed by atoms with van der Waals surface area (Å²) in [6.07, 6.45) is 0.193. The molecule has 22 heavy (non-hydrogen) atoms. The predicted molar refractivity (Wildman–Crippen MR) is 87.5 cm³/mol. The molecule has 0 aliphatic heterocycles. The number of hydrogen-bond acceptors (Lipinski definition) is 3. The van der Waals surface area contributed by atoms with Gasteiger partial charge in [-0.15, -0.1) is 0 Å². The van der Waals surface area contributed by atoms with Gasteiger partial charge in [0.2, 0.25) is 5.91 Å². The SMILES string of the molecule is C[C@@H](NC(=O)Cc1ccc([N+](=O)[O-])cc1)c1ccc(Br)cc1. The number of amides is 1. The van der Waals surface area contributed by atoms with Gasteiger partial charge in [-0.05, 0) is 30.2 Å². The number of hydrogen-bond donors (Lipinski definition) is 1. The number of rotatable bonds is 5. The molecule has 1 N–H and O–H groups in total. The fraction of sp³-hybridized carbons (Fsp3) is 0.188. The van der Waals surface area contributed by atoms with Gasteiger partial charge in [-0.2, -0.15) is 0 Å². The van der Waals surface area contributed by atoms with Crippen LogP contribution in [0.4, 0.5) is 5.69 Å². The molecule has 0 bridgehead atoms. The van der Waals surface area contributed by atoms with Crippen molar-refractivity contribution in [2.24, 2.45) is 0 Å². The maximum atomic E-state index is 12.0. The van der Waals surface area contributed by atoms with E-state index < -0.39 is 4.92 Å². The van der Waals surface area contributed by atoms with E-state index in [1.807, 2.05) is 31.2 Å².